The van der Waals surface area contributed by atoms with Crippen molar-refractivity contribution in [3.63, 3.8) is 0 Å². The molecular formula is C10H20O3. The molecule has 1 atom stereocenters. The highest BCUT2D eigenvalue weighted by Gasteiger charge is 2.14. The quantitative estimate of drug-likeness (QED) is 0.510. The summed E-state index contributed by atoms with van der Waals surface area (Å²) in [5, 5.41) is 9.35. The minimum atomic E-state index is -0.575. The molecule has 3 heteroatoms. The van der Waals surface area contributed by atoms with Gasteiger partial charge in [0.2, 0.25) is 0 Å². The molecular weight excluding hydrogens is 168 g/mol. The molecule has 0 heterocycles. The van der Waals surface area contributed by atoms with E-state index in [1.54, 1.807) is 0 Å². The average molecular weight is 188 g/mol. The molecule has 0 fully saturated rings. The van der Waals surface area contributed by atoms with Crippen LogP contribution < -0.4 is 0 Å². The van der Waals surface area contributed by atoms with Gasteiger partial charge >= 0.3 is 5.97 Å². The van der Waals surface area contributed by atoms with Crippen LogP contribution in [0.4, 0.5) is 0 Å². The third kappa shape index (κ3) is 6.58. The van der Waals surface area contributed by atoms with Gasteiger partial charge in [0.15, 0.2) is 0 Å². The van der Waals surface area contributed by atoms with E-state index in [-0.39, 0.29) is 18.3 Å². The number of unbranched alkanes of at least 4 members (excludes halogenated alkanes) is 1. The highest BCUT2D eigenvalue weighted by molar-refractivity contribution is 5.69. The van der Waals surface area contributed by atoms with E-state index in [4.69, 9.17) is 4.74 Å². The minimum absolute atomic E-state index is 0.110. The Labute approximate surface area is 80.1 Å². The van der Waals surface area contributed by atoms with Crippen molar-refractivity contribution in [3.8, 4) is 0 Å². The predicted octanol–water partition coefficient (Wildman–Crippen LogP) is 1.74. The Morgan fingerprint density at radius 3 is 2.54 bits per heavy atom. The Balaban J connectivity index is 3.50. The van der Waals surface area contributed by atoms with Gasteiger partial charge in [0.1, 0.15) is 0 Å². The summed E-state index contributed by atoms with van der Waals surface area (Å²) in [5.41, 5.74) is 0. The molecule has 0 aliphatic heterocycles. The van der Waals surface area contributed by atoms with Crippen molar-refractivity contribution in [2.24, 2.45) is 5.92 Å². The molecule has 0 bridgehead atoms. The summed E-state index contributed by atoms with van der Waals surface area (Å²) in [6.45, 7) is 6.27. The summed E-state index contributed by atoms with van der Waals surface area (Å²) in [7, 11) is 0. The van der Waals surface area contributed by atoms with Crippen LogP contribution in [-0.4, -0.2) is 23.8 Å². The molecule has 0 aromatic carbocycles. The zero-order valence-corrected chi connectivity index (χ0v) is 8.75. The van der Waals surface area contributed by atoms with Crippen LogP contribution in [0.2, 0.25) is 0 Å². The van der Waals surface area contributed by atoms with Gasteiger partial charge in [0, 0.05) is 0 Å². The largest absolute Gasteiger partial charge is 0.466 e. The van der Waals surface area contributed by atoms with Crippen LogP contribution in [0, 0.1) is 5.92 Å². The van der Waals surface area contributed by atoms with Crippen molar-refractivity contribution in [1.82, 2.24) is 0 Å². The molecule has 0 spiro atoms. The zero-order chi connectivity index (χ0) is 10.3. The molecule has 0 aromatic heterocycles. The number of carbonyl (C=O) groups is 1. The summed E-state index contributed by atoms with van der Waals surface area (Å²) >= 11 is 0. The Kier molecular flexibility index (Phi) is 6.59. The average Bonchev–Trinajstić information content (AvgIpc) is 2.04. The van der Waals surface area contributed by atoms with Crippen molar-refractivity contribution in [1.29, 1.82) is 0 Å². The molecule has 13 heavy (non-hydrogen) atoms. The Hall–Kier alpha value is -0.570. The molecule has 78 valence electrons. The van der Waals surface area contributed by atoms with Crippen LogP contribution in [0.5, 0.6) is 0 Å². The Morgan fingerprint density at radius 2 is 2.08 bits per heavy atom. The summed E-state index contributed by atoms with van der Waals surface area (Å²) in [4.78, 5) is 11.1. The fourth-order valence-electron chi connectivity index (χ4n) is 0.796. The molecule has 0 unspecified atom stereocenters. The second-order valence-electron chi connectivity index (χ2n) is 3.59. The first-order chi connectivity index (χ1) is 6.07. The van der Waals surface area contributed by atoms with Crippen LogP contribution in [0.3, 0.4) is 0 Å². The second kappa shape index (κ2) is 6.89. The maximum atomic E-state index is 11.1. The summed E-state index contributed by atoms with van der Waals surface area (Å²) < 4.78 is 4.90. The van der Waals surface area contributed by atoms with Gasteiger partial charge in [-0.25, -0.2) is 0 Å². The van der Waals surface area contributed by atoms with E-state index in [1.165, 1.54) is 0 Å². The topological polar surface area (TPSA) is 46.5 Å². The van der Waals surface area contributed by atoms with Gasteiger partial charge in [-0.05, 0) is 12.3 Å². The number of ether oxygens (including phenoxy) is 1. The van der Waals surface area contributed by atoms with Crippen LogP contribution in [0.15, 0.2) is 0 Å². The van der Waals surface area contributed by atoms with E-state index < -0.39 is 6.10 Å². The number of hydrogen-bond acceptors (Lipinski definition) is 3. The van der Waals surface area contributed by atoms with Crippen LogP contribution in [0.1, 0.15) is 40.0 Å². The summed E-state index contributed by atoms with van der Waals surface area (Å²) in [6.07, 6.45) is 1.44. The Morgan fingerprint density at radius 1 is 1.46 bits per heavy atom. The number of carbonyl (C=O) groups excluding carboxylic acids is 1. The molecule has 0 aromatic rings. The maximum absolute atomic E-state index is 11.1. The van der Waals surface area contributed by atoms with E-state index in [1.807, 2.05) is 20.8 Å². The molecule has 0 aliphatic carbocycles. The Bertz CT molecular complexity index is 143. The number of esters is 1. The third-order valence-corrected chi connectivity index (χ3v) is 1.91. The minimum Gasteiger partial charge on any atom is -0.466 e. The third-order valence-electron chi connectivity index (χ3n) is 1.91. The maximum Gasteiger partial charge on any atom is 0.308 e. The van der Waals surface area contributed by atoms with Gasteiger partial charge < -0.3 is 9.84 Å². The normalized spacial score (nSPS) is 13.0. The van der Waals surface area contributed by atoms with Crippen LogP contribution in [-0.2, 0) is 9.53 Å². The van der Waals surface area contributed by atoms with E-state index >= 15 is 0 Å². The van der Waals surface area contributed by atoms with Crippen molar-refractivity contribution < 1.29 is 14.6 Å². The molecule has 0 saturated carbocycles. The van der Waals surface area contributed by atoms with E-state index in [0.29, 0.717) is 6.61 Å². The molecule has 0 rings (SSSR count). The molecule has 3 nitrogen and oxygen atoms in total. The first-order valence-electron chi connectivity index (χ1n) is 4.91. The van der Waals surface area contributed by atoms with Crippen molar-refractivity contribution >= 4 is 5.97 Å². The monoisotopic (exact) mass is 188 g/mol. The molecule has 0 saturated heterocycles. The van der Waals surface area contributed by atoms with E-state index in [9.17, 15) is 9.90 Å². The van der Waals surface area contributed by atoms with Gasteiger partial charge in [-0.2, -0.15) is 0 Å². The van der Waals surface area contributed by atoms with Gasteiger partial charge in [0.05, 0.1) is 19.1 Å². The lowest BCUT2D eigenvalue weighted by Crippen LogP contribution is -2.21. The van der Waals surface area contributed by atoms with Crippen LogP contribution >= 0.6 is 0 Å². The molecule has 0 radical (unpaired) electrons. The fraction of sp³-hybridized carbons (Fsp3) is 0.900. The standard InChI is InChI=1S/C10H20O3/c1-4-5-6-13-10(12)7-9(11)8(2)3/h8-9,11H,4-7H2,1-3H3/t9-/m0/s1. The van der Waals surface area contributed by atoms with Crippen molar-refractivity contribution in [2.75, 3.05) is 6.61 Å². The van der Waals surface area contributed by atoms with Crippen molar-refractivity contribution in [2.45, 2.75) is 46.1 Å². The van der Waals surface area contributed by atoms with Gasteiger partial charge in [-0.15, -0.1) is 0 Å². The first kappa shape index (κ1) is 12.4. The highest BCUT2D eigenvalue weighted by Crippen LogP contribution is 2.06. The molecule has 0 amide bonds. The van der Waals surface area contributed by atoms with Crippen LogP contribution in [0.25, 0.3) is 0 Å². The first-order valence-corrected chi connectivity index (χ1v) is 4.91. The number of hydrogen-bond donors (Lipinski definition) is 1. The van der Waals surface area contributed by atoms with Gasteiger partial charge in [0.25, 0.3) is 0 Å². The lowest BCUT2D eigenvalue weighted by Gasteiger charge is -2.13. The number of aliphatic hydroxyl groups is 1. The fourth-order valence-corrected chi connectivity index (χ4v) is 0.796. The lowest BCUT2D eigenvalue weighted by molar-refractivity contribution is -0.146. The lowest BCUT2D eigenvalue weighted by atomic mass is 10.1. The predicted molar refractivity (Wildman–Crippen MR) is 51.3 cm³/mol. The second-order valence-corrected chi connectivity index (χ2v) is 3.59. The van der Waals surface area contributed by atoms with Gasteiger partial charge in [-0.1, -0.05) is 27.2 Å². The summed E-state index contributed by atoms with van der Waals surface area (Å²) in [5.74, 6) is -0.187. The number of aliphatic hydroxyl groups excluding tert-OH is 1. The number of rotatable bonds is 6. The molecule has 1 N–H and O–H groups in total. The van der Waals surface area contributed by atoms with E-state index in [0.717, 1.165) is 12.8 Å². The SMILES string of the molecule is CCCCOC(=O)C[C@H](O)C(C)C. The van der Waals surface area contributed by atoms with E-state index in [2.05, 4.69) is 0 Å². The molecule has 0 aliphatic rings. The van der Waals surface area contributed by atoms with Crippen molar-refractivity contribution in [3.05, 3.63) is 0 Å². The highest BCUT2D eigenvalue weighted by atomic mass is 16.5. The van der Waals surface area contributed by atoms with Gasteiger partial charge in [-0.3, -0.25) is 4.79 Å². The smallest absolute Gasteiger partial charge is 0.308 e. The summed E-state index contributed by atoms with van der Waals surface area (Å²) in [6, 6.07) is 0. The zero-order valence-electron chi connectivity index (χ0n) is 8.75.